The van der Waals surface area contributed by atoms with Crippen molar-refractivity contribution in [3.05, 3.63) is 23.8 Å². The Balaban J connectivity index is 2.16. The van der Waals surface area contributed by atoms with E-state index in [9.17, 15) is 10.2 Å². The van der Waals surface area contributed by atoms with Crippen LogP contribution in [0.2, 0.25) is 0 Å². The molecular weight excluding hydrogens is 274 g/mol. The monoisotopic (exact) mass is 309 g/mol. The zero-order chi connectivity index (χ0) is 16.3. The van der Waals surface area contributed by atoms with Crippen LogP contribution < -0.4 is 5.73 Å². The molecule has 4 N–H and O–H groups in total. The van der Waals surface area contributed by atoms with Crippen molar-refractivity contribution in [2.24, 2.45) is 11.7 Å². The standard InChI is InChI=1S/C19H35NO2/c1-2-3-4-5-6-7-8-17-9-11-18(12-10-17)13-14-19(20,15-21)16-22/h9,11-12,17,21-22H,2-8,10,13-16,20H2,1H3. The highest BCUT2D eigenvalue weighted by Gasteiger charge is 2.23. The van der Waals surface area contributed by atoms with Gasteiger partial charge in [0.15, 0.2) is 0 Å². The summed E-state index contributed by atoms with van der Waals surface area (Å²) < 4.78 is 0. The predicted octanol–water partition coefficient (Wildman–Crippen LogP) is 3.70. The SMILES string of the molecule is CCCCCCCCC1C=CC(CCC(N)(CO)CO)=CC1. The van der Waals surface area contributed by atoms with Crippen molar-refractivity contribution in [1.29, 1.82) is 0 Å². The van der Waals surface area contributed by atoms with Gasteiger partial charge in [-0.15, -0.1) is 0 Å². The first-order valence-corrected chi connectivity index (χ1v) is 9.01. The topological polar surface area (TPSA) is 66.5 Å². The molecule has 0 aliphatic heterocycles. The number of hydrogen-bond acceptors (Lipinski definition) is 3. The number of aliphatic hydroxyl groups is 2. The molecule has 3 heteroatoms. The number of aliphatic hydroxyl groups excluding tert-OH is 2. The van der Waals surface area contributed by atoms with Gasteiger partial charge >= 0.3 is 0 Å². The van der Waals surface area contributed by atoms with Crippen LogP contribution in [0.1, 0.15) is 71.1 Å². The van der Waals surface area contributed by atoms with E-state index in [0.717, 1.165) is 12.8 Å². The molecule has 0 saturated carbocycles. The lowest BCUT2D eigenvalue weighted by molar-refractivity contribution is 0.115. The third-order valence-corrected chi connectivity index (χ3v) is 4.74. The minimum Gasteiger partial charge on any atom is -0.394 e. The van der Waals surface area contributed by atoms with Crippen LogP contribution in [0.15, 0.2) is 23.8 Å². The van der Waals surface area contributed by atoms with Crippen molar-refractivity contribution in [3.63, 3.8) is 0 Å². The first-order chi connectivity index (χ1) is 10.6. The van der Waals surface area contributed by atoms with Gasteiger partial charge in [0.1, 0.15) is 0 Å². The Kier molecular flexibility index (Phi) is 9.69. The third-order valence-electron chi connectivity index (χ3n) is 4.74. The first kappa shape index (κ1) is 19.4. The van der Waals surface area contributed by atoms with Crippen LogP contribution in [0.25, 0.3) is 0 Å². The molecule has 1 rings (SSSR count). The van der Waals surface area contributed by atoms with E-state index in [4.69, 9.17) is 5.73 Å². The van der Waals surface area contributed by atoms with Gasteiger partial charge in [0.05, 0.1) is 18.8 Å². The Bertz CT molecular complexity index is 345. The predicted molar refractivity (Wildman–Crippen MR) is 93.6 cm³/mol. The van der Waals surface area contributed by atoms with Gasteiger partial charge in [0.25, 0.3) is 0 Å². The van der Waals surface area contributed by atoms with Crippen LogP contribution in [0.4, 0.5) is 0 Å². The smallest absolute Gasteiger partial charge is 0.0633 e. The molecule has 1 unspecified atom stereocenters. The molecule has 0 saturated heterocycles. The molecule has 0 aromatic rings. The lowest BCUT2D eigenvalue weighted by Crippen LogP contribution is -2.47. The molecule has 3 nitrogen and oxygen atoms in total. The zero-order valence-corrected chi connectivity index (χ0v) is 14.3. The maximum atomic E-state index is 9.21. The summed E-state index contributed by atoms with van der Waals surface area (Å²) in [5.41, 5.74) is 6.35. The van der Waals surface area contributed by atoms with E-state index < -0.39 is 5.54 Å². The van der Waals surface area contributed by atoms with Crippen molar-refractivity contribution >= 4 is 0 Å². The quantitative estimate of drug-likeness (QED) is 0.482. The van der Waals surface area contributed by atoms with E-state index in [1.54, 1.807) is 0 Å². The van der Waals surface area contributed by atoms with Gasteiger partial charge in [-0.1, -0.05) is 69.2 Å². The summed E-state index contributed by atoms with van der Waals surface area (Å²) in [7, 11) is 0. The molecule has 1 aliphatic carbocycles. The second-order valence-corrected chi connectivity index (χ2v) is 6.87. The molecule has 0 bridgehead atoms. The number of unbranched alkanes of at least 4 members (excludes halogenated alkanes) is 5. The molecule has 0 aromatic heterocycles. The van der Waals surface area contributed by atoms with E-state index in [-0.39, 0.29) is 13.2 Å². The fraction of sp³-hybridized carbons (Fsp3) is 0.789. The van der Waals surface area contributed by atoms with Gasteiger partial charge < -0.3 is 15.9 Å². The van der Waals surface area contributed by atoms with Gasteiger partial charge in [-0.25, -0.2) is 0 Å². The maximum Gasteiger partial charge on any atom is 0.0633 e. The molecular formula is C19H35NO2. The Morgan fingerprint density at radius 2 is 1.82 bits per heavy atom. The molecule has 0 heterocycles. The average Bonchev–Trinajstić information content (AvgIpc) is 2.57. The zero-order valence-electron chi connectivity index (χ0n) is 14.3. The Morgan fingerprint density at radius 1 is 1.14 bits per heavy atom. The molecule has 0 radical (unpaired) electrons. The van der Waals surface area contributed by atoms with Crippen LogP contribution in [0.3, 0.4) is 0 Å². The van der Waals surface area contributed by atoms with Gasteiger partial charge in [-0.3, -0.25) is 0 Å². The minimum atomic E-state index is -0.843. The first-order valence-electron chi connectivity index (χ1n) is 9.01. The molecule has 1 aliphatic rings. The summed E-state index contributed by atoms with van der Waals surface area (Å²) in [5.74, 6) is 0.688. The summed E-state index contributed by atoms with van der Waals surface area (Å²) in [6.45, 7) is 1.93. The highest BCUT2D eigenvalue weighted by atomic mass is 16.3. The highest BCUT2D eigenvalue weighted by molar-refractivity contribution is 5.24. The molecule has 128 valence electrons. The fourth-order valence-corrected chi connectivity index (χ4v) is 2.90. The second kappa shape index (κ2) is 11.0. The van der Waals surface area contributed by atoms with Crippen molar-refractivity contribution in [2.45, 2.75) is 76.7 Å². The summed E-state index contributed by atoms with van der Waals surface area (Å²) in [6, 6.07) is 0. The van der Waals surface area contributed by atoms with Crippen LogP contribution in [-0.4, -0.2) is 29.0 Å². The normalized spacial score (nSPS) is 18.5. The van der Waals surface area contributed by atoms with Crippen molar-refractivity contribution < 1.29 is 10.2 Å². The summed E-state index contributed by atoms with van der Waals surface area (Å²) >= 11 is 0. The highest BCUT2D eigenvalue weighted by Crippen LogP contribution is 2.25. The van der Waals surface area contributed by atoms with Crippen molar-refractivity contribution in [3.8, 4) is 0 Å². The Morgan fingerprint density at radius 3 is 2.41 bits per heavy atom. The largest absolute Gasteiger partial charge is 0.394 e. The van der Waals surface area contributed by atoms with Gasteiger partial charge in [-0.2, -0.15) is 0 Å². The van der Waals surface area contributed by atoms with Crippen LogP contribution in [0.5, 0.6) is 0 Å². The lowest BCUT2D eigenvalue weighted by atomic mass is 9.88. The minimum absolute atomic E-state index is 0.166. The van der Waals surface area contributed by atoms with Crippen LogP contribution in [0, 0.1) is 5.92 Å². The van der Waals surface area contributed by atoms with Gasteiger partial charge in [0.2, 0.25) is 0 Å². The van der Waals surface area contributed by atoms with Crippen LogP contribution >= 0.6 is 0 Å². The summed E-state index contributed by atoms with van der Waals surface area (Å²) in [6.07, 6.45) is 18.9. The van der Waals surface area contributed by atoms with Crippen molar-refractivity contribution in [2.75, 3.05) is 13.2 Å². The average molecular weight is 309 g/mol. The molecule has 0 spiro atoms. The second-order valence-electron chi connectivity index (χ2n) is 6.87. The van der Waals surface area contributed by atoms with E-state index in [1.807, 2.05) is 0 Å². The molecule has 1 atom stereocenters. The van der Waals surface area contributed by atoms with Crippen molar-refractivity contribution in [1.82, 2.24) is 0 Å². The molecule has 0 aromatic carbocycles. The lowest BCUT2D eigenvalue weighted by Gasteiger charge is -2.25. The number of nitrogens with two attached hydrogens (primary N) is 1. The Labute approximate surface area is 136 Å². The maximum absolute atomic E-state index is 9.21. The summed E-state index contributed by atoms with van der Waals surface area (Å²) in [5, 5.41) is 18.4. The third kappa shape index (κ3) is 7.57. The van der Waals surface area contributed by atoms with E-state index in [2.05, 4.69) is 25.2 Å². The van der Waals surface area contributed by atoms with Crippen LogP contribution in [-0.2, 0) is 0 Å². The summed E-state index contributed by atoms with van der Waals surface area (Å²) in [4.78, 5) is 0. The van der Waals surface area contributed by atoms with Gasteiger partial charge in [0, 0.05) is 0 Å². The number of rotatable bonds is 12. The number of allylic oxidation sites excluding steroid dienone is 4. The Hall–Kier alpha value is -0.640. The molecule has 0 fully saturated rings. The fourth-order valence-electron chi connectivity index (χ4n) is 2.90. The molecule has 0 amide bonds. The molecule has 22 heavy (non-hydrogen) atoms. The van der Waals surface area contributed by atoms with E-state index >= 15 is 0 Å². The van der Waals surface area contributed by atoms with E-state index in [1.165, 1.54) is 50.5 Å². The number of hydrogen-bond donors (Lipinski definition) is 3. The van der Waals surface area contributed by atoms with E-state index in [0.29, 0.717) is 12.3 Å². The van der Waals surface area contributed by atoms with Gasteiger partial charge in [-0.05, 0) is 31.6 Å².